The predicted octanol–water partition coefficient (Wildman–Crippen LogP) is 2.46. The summed E-state index contributed by atoms with van der Waals surface area (Å²) in [4.78, 5) is 2.35. The van der Waals surface area contributed by atoms with E-state index in [9.17, 15) is 0 Å². The fraction of sp³-hybridized carbons (Fsp3) is 0.867. The van der Waals surface area contributed by atoms with E-state index in [1.54, 1.807) is 0 Å². The van der Waals surface area contributed by atoms with Crippen LogP contribution in [0, 0.1) is 0 Å². The average molecular weight is 281 g/mol. The van der Waals surface area contributed by atoms with Crippen molar-refractivity contribution in [2.75, 3.05) is 20.6 Å². The molecule has 0 aliphatic rings. The lowest BCUT2D eigenvalue weighted by Crippen LogP contribution is -2.53. The summed E-state index contributed by atoms with van der Waals surface area (Å²) >= 11 is 0. The van der Waals surface area contributed by atoms with Crippen LogP contribution in [-0.4, -0.2) is 46.1 Å². The second-order valence-corrected chi connectivity index (χ2v) is 5.58. The van der Waals surface area contributed by atoms with Gasteiger partial charge in [0.05, 0.1) is 17.9 Å². The van der Waals surface area contributed by atoms with Crippen molar-refractivity contribution >= 4 is 0 Å². The van der Waals surface area contributed by atoms with E-state index >= 15 is 0 Å². The highest BCUT2D eigenvalue weighted by Gasteiger charge is 2.40. The van der Waals surface area contributed by atoms with Crippen LogP contribution in [0.3, 0.4) is 0 Å². The summed E-state index contributed by atoms with van der Waals surface area (Å²) in [6.07, 6.45) is 5.17. The van der Waals surface area contributed by atoms with Gasteiger partial charge in [-0.05, 0) is 39.9 Å². The third-order valence-corrected chi connectivity index (χ3v) is 4.44. The van der Waals surface area contributed by atoms with Gasteiger partial charge < -0.3 is 10.2 Å². The second-order valence-electron chi connectivity index (χ2n) is 5.58. The normalized spacial score (nSPS) is 13.9. The largest absolute Gasteiger partial charge is 0.307 e. The Morgan fingerprint density at radius 3 is 2.35 bits per heavy atom. The molecule has 5 nitrogen and oxygen atoms in total. The molecule has 0 radical (unpaired) electrons. The minimum absolute atomic E-state index is 0.0865. The molecule has 1 aromatic rings. The van der Waals surface area contributed by atoms with E-state index in [0.717, 1.165) is 32.4 Å². The van der Waals surface area contributed by atoms with Crippen LogP contribution in [0.15, 0.2) is 6.20 Å². The number of hydrogen-bond acceptors (Lipinski definition) is 4. The fourth-order valence-electron chi connectivity index (χ4n) is 3.20. The Morgan fingerprint density at radius 2 is 1.90 bits per heavy atom. The molecule has 0 amide bonds. The molecule has 1 aromatic heterocycles. The molecule has 0 aromatic carbocycles. The lowest BCUT2D eigenvalue weighted by molar-refractivity contribution is 0.0846. The predicted molar refractivity (Wildman–Crippen MR) is 83.7 cm³/mol. The molecule has 0 aliphatic carbocycles. The maximum atomic E-state index is 4.26. The highest BCUT2D eigenvalue weighted by Crippen LogP contribution is 2.35. The van der Waals surface area contributed by atoms with Crippen LogP contribution in [0.1, 0.15) is 58.7 Å². The van der Waals surface area contributed by atoms with Crippen molar-refractivity contribution < 1.29 is 0 Å². The van der Waals surface area contributed by atoms with Crippen molar-refractivity contribution in [3.05, 3.63) is 11.9 Å². The second kappa shape index (κ2) is 7.74. The third kappa shape index (κ3) is 3.20. The first kappa shape index (κ1) is 17.1. The highest BCUT2D eigenvalue weighted by molar-refractivity contribution is 5.12. The van der Waals surface area contributed by atoms with E-state index in [1.807, 2.05) is 6.20 Å². The van der Waals surface area contributed by atoms with Gasteiger partial charge in [-0.2, -0.15) is 0 Å². The molecule has 1 N–H and O–H groups in total. The fourth-order valence-corrected chi connectivity index (χ4v) is 3.20. The van der Waals surface area contributed by atoms with E-state index in [1.165, 1.54) is 5.69 Å². The van der Waals surface area contributed by atoms with Crippen LogP contribution in [-0.2, 0) is 6.54 Å². The van der Waals surface area contributed by atoms with Gasteiger partial charge in [-0.1, -0.05) is 32.9 Å². The number of aryl methyl sites for hydroxylation is 1. The molecule has 20 heavy (non-hydrogen) atoms. The van der Waals surface area contributed by atoms with Crippen LogP contribution in [0.4, 0.5) is 0 Å². The first-order valence-corrected chi connectivity index (χ1v) is 7.86. The first-order chi connectivity index (χ1) is 9.57. The summed E-state index contributed by atoms with van der Waals surface area (Å²) < 4.78 is 2.05. The van der Waals surface area contributed by atoms with Crippen LogP contribution in [0.2, 0.25) is 0 Å². The molecule has 1 heterocycles. The van der Waals surface area contributed by atoms with Crippen LogP contribution in [0.25, 0.3) is 0 Å². The van der Waals surface area contributed by atoms with Crippen molar-refractivity contribution in [2.24, 2.45) is 0 Å². The number of nitrogens with zero attached hydrogens (tertiary/aromatic N) is 4. The zero-order valence-corrected chi connectivity index (χ0v) is 14.0. The van der Waals surface area contributed by atoms with Gasteiger partial charge in [0, 0.05) is 12.1 Å². The minimum Gasteiger partial charge on any atom is -0.307 e. The molecule has 0 bridgehead atoms. The van der Waals surface area contributed by atoms with Gasteiger partial charge in [0.1, 0.15) is 0 Å². The quantitative estimate of drug-likeness (QED) is 0.755. The van der Waals surface area contributed by atoms with Crippen molar-refractivity contribution in [3.63, 3.8) is 0 Å². The molecule has 0 fully saturated rings. The molecule has 0 aliphatic heterocycles. The number of likely N-dealkylation sites (N-methyl/N-ethyl adjacent to an activating group) is 2. The number of nitrogens with one attached hydrogen (secondary N) is 1. The molecule has 0 spiro atoms. The van der Waals surface area contributed by atoms with E-state index < -0.39 is 0 Å². The summed E-state index contributed by atoms with van der Waals surface area (Å²) in [5.41, 5.74) is 1.29. The van der Waals surface area contributed by atoms with Crippen LogP contribution < -0.4 is 5.32 Å². The molecule has 1 unspecified atom stereocenters. The Morgan fingerprint density at radius 1 is 1.25 bits per heavy atom. The summed E-state index contributed by atoms with van der Waals surface area (Å²) in [7, 11) is 4.34. The third-order valence-electron chi connectivity index (χ3n) is 4.44. The Balaban J connectivity index is 3.23. The molecule has 5 heteroatoms. The Labute approximate surface area is 123 Å². The molecule has 0 saturated heterocycles. The lowest BCUT2D eigenvalue weighted by Gasteiger charge is -2.45. The molecular weight excluding hydrogens is 250 g/mol. The Kier molecular flexibility index (Phi) is 6.62. The van der Waals surface area contributed by atoms with Gasteiger partial charge in [0.25, 0.3) is 0 Å². The Bertz CT molecular complexity index is 381. The van der Waals surface area contributed by atoms with Crippen LogP contribution >= 0.6 is 0 Å². The van der Waals surface area contributed by atoms with Gasteiger partial charge in [-0.25, -0.2) is 4.68 Å². The van der Waals surface area contributed by atoms with Crippen molar-refractivity contribution in [1.82, 2.24) is 25.2 Å². The SMILES string of the molecule is CCCn1nncc1C(NCC)C(CC)(CC)N(C)C. The zero-order valence-electron chi connectivity index (χ0n) is 14.0. The number of rotatable bonds is 9. The first-order valence-electron chi connectivity index (χ1n) is 7.86. The highest BCUT2D eigenvalue weighted by atomic mass is 15.4. The smallest absolute Gasteiger partial charge is 0.0775 e. The molecule has 0 saturated carbocycles. The summed E-state index contributed by atoms with van der Waals surface area (Å²) in [5, 5.41) is 12.1. The monoisotopic (exact) mass is 281 g/mol. The maximum absolute atomic E-state index is 4.26. The van der Waals surface area contributed by atoms with Crippen molar-refractivity contribution in [2.45, 2.75) is 65.1 Å². The van der Waals surface area contributed by atoms with Gasteiger partial charge in [0.15, 0.2) is 0 Å². The van der Waals surface area contributed by atoms with Gasteiger partial charge in [0.2, 0.25) is 0 Å². The maximum Gasteiger partial charge on any atom is 0.0775 e. The van der Waals surface area contributed by atoms with Gasteiger partial charge >= 0.3 is 0 Å². The standard InChI is InChI=1S/C15H31N5/c1-7-11-20-13(12-17-18-20)14(16-10-4)15(8-2,9-3)19(5)6/h12,14,16H,7-11H2,1-6H3. The van der Waals surface area contributed by atoms with E-state index in [4.69, 9.17) is 0 Å². The molecule has 1 rings (SSSR count). The van der Waals surface area contributed by atoms with E-state index in [-0.39, 0.29) is 11.6 Å². The van der Waals surface area contributed by atoms with Crippen molar-refractivity contribution in [3.8, 4) is 0 Å². The van der Waals surface area contributed by atoms with E-state index in [2.05, 4.69) is 67.0 Å². The Hall–Kier alpha value is -0.940. The molecule has 116 valence electrons. The summed E-state index contributed by atoms with van der Waals surface area (Å²) in [6, 6.07) is 0.249. The average Bonchev–Trinajstić information content (AvgIpc) is 2.87. The summed E-state index contributed by atoms with van der Waals surface area (Å²) in [6.45, 7) is 10.7. The van der Waals surface area contributed by atoms with Crippen LogP contribution in [0.5, 0.6) is 0 Å². The number of hydrogen-bond donors (Lipinski definition) is 1. The number of aromatic nitrogens is 3. The van der Waals surface area contributed by atoms with Crippen molar-refractivity contribution in [1.29, 1.82) is 0 Å². The van der Waals surface area contributed by atoms with Gasteiger partial charge in [-0.3, -0.25) is 0 Å². The topological polar surface area (TPSA) is 46.0 Å². The zero-order chi connectivity index (χ0) is 15.2. The summed E-state index contributed by atoms with van der Waals surface area (Å²) in [5.74, 6) is 0. The van der Waals surface area contributed by atoms with E-state index in [0.29, 0.717) is 0 Å². The minimum atomic E-state index is 0.0865. The molecular formula is C15H31N5. The van der Waals surface area contributed by atoms with Gasteiger partial charge in [-0.15, -0.1) is 5.10 Å². The lowest BCUT2D eigenvalue weighted by atomic mass is 9.81. The molecule has 1 atom stereocenters.